The molecular weight excluding hydrogens is 484 g/mol. The number of aromatic nitrogens is 2. The summed E-state index contributed by atoms with van der Waals surface area (Å²) in [6, 6.07) is -4.50. The third kappa shape index (κ3) is 2.61. The SMILES string of the molecule is [2H]c1nc(-c2cc3c([2H])c([2H])c([2H])c([2H])c3[te]2)c2c(F)c3c([2H])c([2H])c([2H])c([2H])c3c(C(F)(F)F)c2n1. The van der Waals surface area contributed by atoms with Crippen molar-refractivity contribution in [1.29, 1.82) is 0 Å². The van der Waals surface area contributed by atoms with Gasteiger partial charge < -0.3 is 0 Å². The van der Waals surface area contributed by atoms with Gasteiger partial charge in [0.1, 0.15) is 0 Å². The molecule has 2 nitrogen and oxygen atoms in total. The molecule has 0 amide bonds. The molecule has 0 unspecified atom stereocenters. The normalized spacial score (nSPS) is 16.8. The van der Waals surface area contributed by atoms with Gasteiger partial charge in [-0.15, -0.1) is 0 Å². The first-order valence-corrected chi connectivity index (χ1v) is 9.97. The van der Waals surface area contributed by atoms with E-state index in [4.69, 9.17) is 12.3 Å². The molecule has 7 heteroatoms. The fourth-order valence-corrected chi connectivity index (χ4v) is 5.73. The number of hydrogen-bond acceptors (Lipinski definition) is 2. The Morgan fingerprint density at radius 3 is 2.43 bits per heavy atom. The number of hydrogen-bond donors (Lipinski definition) is 0. The van der Waals surface area contributed by atoms with Gasteiger partial charge in [-0.3, -0.25) is 0 Å². The molecule has 0 aliphatic rings. The van der Waals surface area contributed by atoms with Gasteiger partial charge in [0, 0.05) is 0 Å². The van der Waals surface area contributed by atoms with Crippen molar-refractivity contribution in [3.05, 3.63) is 72.1 Å². The summed E-state index contributed by atoms with van der Waals surface area (Å²) in [4.78, 5) is 7.37. The van der Waals surface area contributed by atoms with Crippen molar-refractivity contribution >= 4 is 50.9 Å². The van der Waals surface area contributed by atoms with Gasteiger partial charge in [-0.25, -0.2) is 0 Å². The summed E-state index contributed by atoms with van der Waals surface area (Å²) < 4.78 is 131. The predicted molar refractivity (Wildman–Crippen MR) is 102 cm³/mol. The van der Waals surface area contributed by atoms with Crippen LogP contribution >= 0.6 is 0 Å². The first-order valence-electron chi connectivity index (χ1n) is 12.1. The predicted octanol–water partition coefficient (Wildman–Crippen LogP) is 5.82. The van der Waals surface area contributed by atoms with E-state index in [1.807, 2.05) is 0 Å². The van der Waals surface area contributed by atoms with Crippen LogP contribution in [-0.2, 0) is 6.18 Å². The Hall–Kier alpha value is -2.49. The second kappa shape index (κ2) is 6.26. The topological polar surface area (TPSA) is 25.8 Å². The van der Waals surface area contributed by atoms with Crippen LogP contribution in [-0.4, -0.2) is 30.4 Å². The fourth-order valence-electron chi connectivity index (χ4n) is 2.98. The maximum atomic E-state index is 16.0. The quantitative estimate of drug-likeness (QED) is 0.164. The van der Waals surface area contributed by atoms with Crippen molar-refractivity contribution in [2.75, 3.05) is 0 Å². The Balaban J connectivity index is 2.06. The van der Waals surface area contributed by atoms with Crippen LogP contribution in [0, 0.1) is 5.82 Å². The first-order chi connectivity index (χ1) is 17.2. The second-order valence-electron chi connectivity index (χ2n) is 5.69. The third-order valence-electron chi connectivity index (χ3n) is 4.10. The van der Waals surface area contributed by atoms with E-state index in [0.29, 0.717) is 0 Å². The van der Waals surface area contributed by atoms with E-state index in [0.717, 1.165) is 0 Å². The van der Waals surface area contributed by atoms with Crippen molar-refractivity contribution in [2.45, 2.75) is 6.18 Å². The molecule has 0 aliphatic heterocycles. The monoisotopic (exact) mass is 505 g/mol. The van der Waals surface area contributed by atoms with Crippen LogP contribution in [0.2, 0.25) is 0 Å². The molecule has 138 valence electrons. The number of benzene rings is 3. The number of nitrogens with zero attached hydrogens (tertiary/aromatic N) is 2. The van der Waals surface area contributed by atoms with Crippen molar-refractivity contribution in [3.8, 4) is 9.27 Å². The van der Waals surface area contributed by atoms with Crippen LogP contribution < -0.4 is 0 Å². The molecule has 0 N–H and O–H groups in total. The molecule has 28 heavy (non-hydrogen) atoms. The van der Waals surface area contributed by atoms with E-state index in [1.54, 1.807) is 0 Å². The third-order valence-corrected chi connectivity index (χ3v) is 7.11. The molecule has 2 aromatic heterocycles. The number of alkyl halides is 3. The first kappa shape index (κ1) is 10.3. The van der Waals surface area contributed by atoms with E-state index in [-0.39, 0.29) is 24.5 Å². The maximum absolute atomic E-state index is 16.0. The summed E-state index contributed by atoms with van der Waals surface area (Å²) in [7, 11) is 0. The van der Waals surface area contributed by atoms with Gasteiger partial charge in [0.15, 0.2) is 0 Å². The summed E-state index contributed by atoms with van der Waals surface area (Å²) >= 11 is -1.75. The van der Waals surface area contributed by atoms with Crippen LogP contribution in [0.25, 0.3) is 39.7 Å². The van der Waals surface area contributed by atoms with Crippen molar-refractivity contribution in [2.24, 2.45) is 0 Å². The Bertz CT molecular complexity index is 1790. The summed E-state index contributed by atoms with van der Waals surface area (Å²) in [6.07, 6.45) is -6.16. The molecule has 0 saturated carbocycles. The molecule has 0 atom stereocenters. The van der Waals surface area contributed by atoms with Gasteiger partial charge in [-0.2, -0.15) is 0 Å². The molecule has 0 radical (unpaired) electrons. The van der Waals surface area contributed by atoms with E-state index in [2.05, 4.69) is 9.97 Å². The molecule has 2 heterocycles. The van der Waals surface area contributed by atoms with Crippen LogP contribution in [0.3, 0.4) is 0 Å². The molecule has 0 fully saturated rings. The van der Waals surface area contributed by atoms with Crippen molar-refractivity contribution in [3.63, 3.8) is 0 Å². The van der Waals surface area contributed by atoms with E-state index >= 15 is 4.39 Å². The molecule has 0 spiro atoms. The van der Waals surface area contributed by atoms with Crippen LogP contribution in [0.1, 0.15) is 17.9 Å². The molecule has 3 aromatic carbocycles. The minimum atomic E-state index is -5.26. The minimum absolute atomic E-state index is 0.0980. The zero-order valence-corrected chi connectivity index (χ0v) is 15.7. The zero-order chi connectivity index (χ0) is 27.3. The standard InChI is InChI=1S/C21H10F4N2Te/c22-18-13-7-3-2-6-12(13)17(21(23,24)25)20-16(18)19(26-10-27-20)15-9-11-5-1-4-8-14(11)28-15/h1-10H/i1D,2D,3D,4D,5D,6D,7D,8D,10D. The molecular formula is C21H10F4N2Te. The fraction of sp³-hybridized carbons (Fsp3) is 0.0476. The van der Waals surface area contributed by atoms with Gasteiger partial charge in [0.2, 0.25) is 0 Å². The van der Waals surface area contributed by atoms with Crippen molar-refractivity contribution in [1.82, 2.24) is 9.97 Å². The second-order valence-corrected chi connectivity index (χ2v) is 8.69. The average molecular weight is 503 g/mol. The number of fused-ring (bicyclic) bond motifs is 3. The van der Waals surface area contributed by atoms with E-state index < -0.39 is 108 Å². The van der Waals surface area contributed by atoms with Crippen molar-refractivity contribution < 1.29 is 29.9 Å². The van der Waals surface area contributed by atoms with Crippen LogP contribution in [0.5, 0.6) is 0 Å². The molecule has 0 bridgehead atoms. The van der Waals surface area contributed by atoms with Gasteiger partial charge in [0.05, 0.1) is 0 Å². The zero-order valence-electron chi connectivity index (χ0n) is 22.4. The molecule has 5 aromatic rings. The Labute approximate surface area is 178 Å². The van der Waals surface area contributed by atoms with E-state index in [1.165, 1.54) is 6.07 Å². The van der Waals surface area contributed by atoms with Crippen LogP contribution in [0.15, 0.2) is 60.7 Å². The van der Waals surface area contributed by atoms with Gasteiger partial charge in [-0.1, -0.05) is 0 Å². The van der Waals surface area contributed by atoms with E-state index in [9.17, 15) is 13.2 Å². The Morgan fingerprint density at radius 2 is 1.64 bits per heavy atom. The Kier molecular flexibility index (Phi) is 2.31. The molecule has 0 saturated heterocycles. The number of halogens is 4. The summed E-state index contributed by atoms with van der Waals surface area (Å²) in [5, 5.41) is -2.83. The summed E-state index contributed by atoms with van der Waals surface area (Å²) in [5.74, 6) is -1.43. The average Bonchev–Trinajstić information content (AvgIpc) is 3.27. The van der Waals surface area contributed by atoms with Gasteiger partial charge in [0.25, 0.3) is 0 Å². The van der Waals surface area contributed by atoms with Gasteiger partial charge in [-0.05, 0) is 0 Å². The number of rotatable bonds is 1. The molecule has 5 rings (SSSR count). The van der Waals surface area contributed by atoms with Gasteiger partial charge >= 0.3 is 178 Å². The van der Waals surface area contributed by atoms with Crippen LogP contribution in [0.4, 0.5) is 17.6 Å². The molecule has 0 aliphatic carbocycles. The summed E-state index contributed by atoms with van der Waals surface area (Å²) in [5.41, 5.74) is -3.12. The summed E-state index contributed by atoms with van der Waals surface area (Å²) in [6.45, 7) is 0. The Morgan fingerprint density at radius 1 is 0.929 bits per heavy atom.